The predicted molar refractivity (Wildman–Crippen MR) is 116 cm³/mol. The van der Waals surface area contributed by atoms with E-state index in [-0.39, 0.29) is 19.0 Å². The minimum Gasteiger partial charge on any atom is -0.455 e. The van der Waals surface area contributed by atoms with E-state index in [9.17, 15) is 19.7 Å². The van der Waals surface area contributed by atoms with Crippen molar-refractivity contribution in [3.05, 3.63) is 75.5 Å². The number of non-ortho nitro benzene ring substituents is 1. The summed E-state index contributed by atoms with van der Waals surface area (Å²) < 4.78 is 16.1. The van der Waals surface area contributed by atoms with Crippen LogP contribution in [-0.4, -0.2) is 36.3 Å². The van der Waals surface area contributed by atoms with Crippen molar-refractivity contribution in [3.63, 3.8) is 0 Å². The Bertz CT molecular complexity index is 1270. The summed E-state index contributed by atoms with van der Waals surface area (Å²) >= 11 is 0. The fraction of sp³-hybridized carbons (Fsp3) is 0.136. The van der Waals surface area contributed by atoms with Crippen molar-refractivity contribution < 1.29 is 28.4 Å². The molecular weight excluding hydrogens is 432 g/mol. The van der Waals surface area contributed by atoms with Gasteiger partial charge in [-0.15, -0.1) is 0 Å². The van der Waals surface area contributed by atoms with Gasteiger partial charge in [-0.1, -0.05) is 0 Å². The Balaban J connectivity index is 1.29. The molecule has 168 valence electrons. The molecule has 11 nitrogen and oxygen atoms in total. The Labute approximate surface area is 187 Å². The minimum atomic E-state index is -0.529. The fourth-order valence-corrected chi connectivity index (χ4v) is 3.11. The fourth-order valence-electron chi connectivity index (χ4n) is 3.11. The molecule has 0 saturated heterocycles. The number of rotatable bonds is 7. The van der Waals surface area contributed by atoms with Crippen molar-refractivity contribution >= 4 is 23.7 Å². The molecule has 0 atom stereocenters. The summed E-state index contributed by atoms with van der Waals surface area (Å²) in [7, 11) is 0. The Kier molecular flexibility index (Phi) is 6.02. The highest BCUT2D eigenvalue weighted by atomic mass is 16.7. The Morgan fingerprint density at radius 1 is 1.12 bits per heavy atom. The van der Waals surface area contributed by atoms with E-state index in [4.69, 9.17) is 13.9 Å². The third kappa shape index (κ3) is 4.98. The van der Waals surface area contributed by atoms with E-state index >= 15 is 0 Å². The van der Waals surface area contributed by atoms with Crippen LogP contribution in [0.4, 0.5) is 5.69 Å². The predicted octanol–water partition coefficient (Wildman–Crippen LogP) is 2.77. The van der Waals surface area contributed by atoms with Gasteiger partial charge in [0.2, 0.25) is 6.79 Å². The molecule has 0 saturated carbocycles. The lowest BCUT2D eigenvalue weighted by atomic mass is 10.1. The molecule has 11 heteroatoms. The topological polar surface area (TPSA) is 145 Å². The number of nitrogens with zero attached hydrogens (tertiary/aromatic N) is 2. The zero-order chi connectivity index (χ0) is 23.4. The first-order valence-electron chi connectivity index (χ1n) is 9.76. The average Bonchev–Trinajstić information content (AvgIpc) is 3.46. The molecule has 2 amide bonds. The number of nitro benzene ring substituents is 1. The van der Waals surface area contributed by atoms with E-state index in [1.54, 1.807) is 37.3 Å². The van der Waals surface area contributed by atoms with Gasteiger partial charge in [-0.05, 0) is 48.9 Å². The Morgan fingerprint density at radius 3 is 2.73 bits per heavy atom. The Hall–Kier alpha value is -4.67. The number of hydrogen-bond donors (Lipinski definition) is 2. The van der Waals surface area contributed by atoms with Crippen LogP contribution >= 0.6 is 0 Å². The molecule has 0 bridgehead atoms. The summed E-state index contributed by atoms with van der Waals surface area (Å²) in [6, 6.07) is 12.5. The monoisotopic (exact) mass is 450 g/mol. The van der Waals surface area contributed by atoms with Gasteiger partial charge in [0.25, 0.3) is 17.5 Å². The van der Waals surface area contributed by atoms with Gasteiger partial charge in [-0.3, -0.25) is 19.7 Å². The average molecular weight is 450 g/mol. The molecule has 2 N–H and O–H groups in total. The number of amides is 2. The van der Waals surface area contributed by atoms with Gasteiger partial charge in [-0.2, -0.15) is 5.10 Å². The molecule has 4 rings (SSSR count). The summed E-state index contributed by atoms with van der Waals surface area (Å²) in [5.41, 5.74) is 4.02. The van der Waals surface area contributed by atoms with E-state index in [1.165, 1.54) is 24.4 Å². The van der Waals surface area contributed by atoms with Crippen molar-refractivity contribution in [1.82, 2.24) is 10.7 Å². The number of furan rings is 1. The standard InChI is InChI=1S/C22H18N4O7/c1-13-8-15(26(29)30)3-5-17(13)18-7-4-16(33-18)10-24-25-21(27)11-23-22(28)14-2-6-19-20(9-14)32-12-31-19/h2-10H,11-12H2,1H3,(H,23,28)(H,25,27)/b24-10-. The van der Waals surface area contributed by atoms with Gasteiger partial charge in [0.15, 0.2) is 11.5 Å². The number of aryl methyl sites for hydroxylation is 1. The molecule has 3 aromatic rings. The largest absolute Gasteiger partial charge is 0.455 e. The molecule has 0 spiro atoms. The second-order valence-corrected chi connectivity index (χ2v) is 7.00. The first kappa shape index (κ1) is 21.6. The number of ether oxygens (including phenoxy) is 2. The number of hydrazone groups is 1. The van der Waals surface area contributed by atoms with Crippen molar-refractivity contribution in [2.24, 2.45) is 5.10 Å². The highest BCUT2D eigenvalue weighted by Gasteiger charge is 2.16. The van der Waals surface area contributed by atoms with Crippen LogP contribution in [-0.2, 0) is 4.79 Å². The molecule has 33 heavy (non-hydrogen) atoms. The van der Waals surface area contributed by atoms with Crippen LogP contribution in [0.2, 0.25) is 0 Å². The lowest BCUT2D eigenvalue weighted by Gasteiger charge is -2.05. The lowest BCUT2D eigenvalue weighted by molar-refractivity contribution is -0.384. The van der Waals surface area contributed by atoms with E-state index in [2.05, 4.69) is 15.8 Å². The SMILES string of the molecule is Cc1cc([N+](=O)[O-])ccc1-c1ccc(/C=N\NC(=O)CNC(=O)c2ccc3c(c2)OCO3)o1. The number of benzene rings is 2. The molecule has 0 aliphatic carbocycles. The number of nitro groups is 1. The normalized spacial score (nSPS) is 12.0. The zero-order valence-corrected chi connectivity index (χ0v) is 17.4. The van der Waals surface area contributed by atoms with Crippen molar-refractivity contribution in [3.8, 4) is 22.8 Å². The molecule has 1 aromatic heterocycles. The highest BCUT2D eigenvalue weighted by molar-refractivity contribution is 5.97. The molecule has 1 aliphatic rings. The van der Waals surface area contributed by atoms with Crippen molar-refractivity contribution in [2.45, 2.75) is 6.92 Å². The van der Waals surface area contributed by atoms with Crippen molar-refractivity contribution in [2.75, 3.05) is 13.3 Å². The maximum absolute atomic E-state index is 12.2. The summed E-state index contributed by atoms with van der Waals surface area (Å²) in [4.78, 5) is 34.5. The zero-order valence-electron chi connectivity index (χ0n) is 17.4. The summed E-state index contributed by atoms with van der Waals surface area (Å²) in [5, 5.41) is 17.2. The summed E-state index contributed by atoms with van der Waals surface area (Å²) in [6.45, 7) is 1.57. The number of carbonyl (C=O) groups is 2. The van der Waals surface area contributed by atoms with Crippen LogP contribution in [0, 0.1) is 17.0 Å². The number of carbonyl (C=O) groups excluding carboxylic acids is 2. The quantitative estimate of drug-likeness (QED) is 0.320. The first-order chi connectivity index (χ1) is 15.9. The number of fused-ring (bicyclic) bond motifs is 1. The molecule has 0 radical (unpaired) electrons. The van der Waals surface area contributed by atoms with E-state index in [1.807, 2.05) is 0 Å². The van der Waals surface area contributed by atoms with E-state index in [0.29, 0.717) is 39.7 Å². The lowest BCUT2D eigenvalue weighted by Crippen LogP contribution is -2.34. The van der Waals surface area contributed by atoms with Gasteiger partial charge >= 0.3 is 0 Å². The van der Waals surface area contributed by atoms with Gasteiger partial charge < -0.3 is 19.2 Å². The van der Waals surface area contributed by atoms with Crippen LogP contribution < -0.4 is 20.2 Å². The van der Waals surface area contributed by atoms with E-state index < -0.39 is 16.7 Å². The van der Waals surface area contributed by atoms with Crippen LogP contribution in [0.15, 0.2) is 58.0 Å². The highest BCUT2D eigenvalue weighted by Crippen LogP contribution is 2.32. The van der Waals surface area contributed by atoms with E-state index in [0.717, 1.165) is 0 Å². The maximum Gasteiger partial charge on any atom is 0.269 e. The van der Waals surface area contributed by atoms with Crippen LogP contribution in [0.3, 0.4) is 0 Å². The van der Waals surface area contributed by atoms with Gasteiger partial charge in [0.1, 0.15) is 11.5 Å². The van der Waals surface area contributed by atoms with Crippen LogP contribution in [0.5, 0.6) is 11.5 Å². The van der Waals surface area contributed by atoms with Crippen LogP contribution in [0.1, 0.15) is 21.7 Å². The van der Waals surface area contributed by atoms with Crippen LogP contribution in [0.25, 0.3) is 11.3 Å². The summed E-state index contributed by atoms with van der Waals surface area (Å²) in [5.74, 6) is 0.931. The minimum absolute atomic E-state index is 0.00193. The molecule has 1 aliphatic heterocycles. The molecule has 0 unspecified atom stereocenters. The van der Waals surface area contributed by atoms with Gasteiger partial charge in [-0.25, -0.2) is 5.43 Å². The molecule has 0 fully saturated rings. The smallest absolute Gasteiger partial charge is 0.269 e. The molecule has 2 aromatic carbocycles. The maximum atomic E-state index is 12.2. The summed E-state index contributed by atoms with van der Waals surface area (Å²) in [6.07, 6.45) is 1.31. The second kappa shape index (κ2) is 9.22. The number of hydrogen-bond acceptors (Lipinski definition) is 8. The molecular formula is C22H18N4O7. The molecule has 2 heterocycles. The Morgan fingerprint density at radius 2 is 1.94 bits per heavy atom. The van der Waals surface area contributed by atoms with Crippen molar-refractivity contribution in [1.29, 1.82) is 0 Å². The number of nitrogens with one attached hydrogen (secondary N) is 2. The second-order valence-electron chi connectivity index (χ2n) is 7.00. The third-order valence-electron chi connectivity index (χ3n) is 4.74. The first-order valence-corrected chi connectivity index (χ1v) is 9.76. The van der Waals surface area contributed by atoms with Gasteiger partial charge in [0, 0.05) is 23.3 Å². The van der Waals surface area contributed by atoms with Gasteiger partial charge in [0.05, 0.1) is 17.7 Å². The third-order valence-corrected chi connectivity index (χ3v) is 4.74.